The van der Waals surface area contributed by atoms with E-state index < -0.39 is 11.8 Å². The first kappa shape index (κ1) is 13.2. The van der Waals surface area contributed by atoms with Crippen molar-refractivity contribution in [1.82, 2.24) is 4.90 Å². The van der Waals surface area contributed by atoms with Gasteiger partial charge in [-0.25, -0.2) is 0 Å². The largest absolute Gasteiger partial charge is 0.338 e. The molecule has 0 aromatic heterocycles. The zero-order valence-electron chi connectivity index (χ0n) is 10.3. The van der Waals surface area contributed by atoms with Crippen molar-refractivity contribution in [3.63, 3.8) is 0 Å². The van der Waals surface area contributed by atoms with E-state index in [1.54, 1.807) is 31.3 Å². The van der Waals surface area contributed by atoms with E-state index in [9.17, 15) is 9.59 Å². The number of hydrogen-bond donors (Lipinski definition) is 1. The molecule has 2 amide bonds. The smallest absolute Gasteiger partial charge is 0.313 e. The zero-order chi connectivity index (χ0) is 12.7. The van der Waals surface area contributed by atoms with Crippen LogP contribution in [0.5, 0.6) is 0 Å². The number of unbranched alkanes of at least 4 members (excludes halogenated alkanes) is 1. The van der Waals surface area contributed by atoms with Gasteiger partial charge in [-0.3, -0.25) is 9.59 Å². The molecule has 0 fully saturated rings. The predicted molar refractivity (Wildman–Crippen MR) is 67.6 cm³/mol. The van der Waals surface area contributed by atoms with E-state index in [0.717, 1.165) is 12.8 Å². The molecule has 92 valence electrons. The summed E-state index contributed by atoms with van der Waals surface area (Å²) in [7, 11) is 1.64. The minimum atomic E-state index is -0.588. The van der Waals surface area contributed by atoms with Crippen LogP contribution in [0.1, 0.15) is 19.8 Å². The van der Waals surface area contributed by atoms with Crippen LogP contribution in [0, 0.1) is 0 Å². The number of hydrogen-bond acceptors (Lipinski definition) is 2. The molecule has 0 unspecified atom stereocenters. The number of carbonyl (C=O) groups excluding carboxylic acids is 2. The Labute approximate surface area is 102 Å². The monoisotopic (exact) mass is 234 g/mol. The second-order valence-corrected chi connectivity index (χ2v) is 3.90. The van der Waals surface area contributed by atoms with Gasteiger partial charge in [0.05, 0.1) is 0 Å². The molecule has 0 heterocycles. The maximum Gasteiger partial charge on any atom is 0.313 e. The molecule has 0 aliphatic carbocycles. The van der Waals surface area contributed by atoms with Crippen molar-refractivity contribution in [3.8, 4) is 0 Å². The Morgan fingerprint density at radius 2 is 1.88 bits per heavy atom. The van der Waals surface area contributed by atoms with E-state index in [0.29, 0.717) is 12.2 Å². The highest BCUT2D eigenvalue weighted by Gasteiger charge is 2.17. The average molecular weight is 234 g/mol. The second kappa shape index (κ2) is 6.68. The third-order valence-electron chi connectivity index (χ3n) is 2.42. The molecule has 0 radical (unpaired) electrons. The van der Waals surface area contributed by atoms with Crippen molar-refractivity contribution >= 4 is 17.5 Å². The average Bonchev–Trinajstić information content (AvgIpc) is 2.36. The van der Waals surface area contributed by atoms with Crippen molar-refractivity contribution in [2.75, 3.05) is 18.9 Å². The van der Waals surface area contributed by atoms with Gasteiger partial charge in [-0.2, -0.15) is 0 Å². The lowest BCUT2D eigenvalue weighted by Crippen LogP contribution is -2.37. The second-order valence-electron chi connectivity index (χ2n) is 3.90. The number of para-hydroxylation sites is 1. The summed E-state index contributed by atoms with van der Waals surface area (Å²) in [5.74, 6) is -1.09. The summed E-state index contributed by atoms with van der Waals surface area (Å²) in [6, 6.07) is 8.96. The van der Waals surface area contributed by atoms with Gasteiger partial charge >= 0.3 is 11.8 Å². The Kier molecular flexibility index (Phi) is 5.20. The van der Waals surface area contributed by atoms with Crippen molar-refractivity contribution < 1.29 is 9.59 Å². The van der Waals surface area contributed by atoms with Gasteiger partial charge in [0.15, 0.2) is 0 Å². The molecule has 4 nitrogen and oxygen atoms in total. The van der Waals surface area contributed by atoms with Crippen molar-refractivity contribution in [2.24, 2.45) is 0 Å². The van der Waals surface area contributed by atoms with Gasteiger partial charge in [-0.1, -0.05) is 31.5 Å². The first-order valence-corrected chi connectivity index (χ1v) is 5.76. The Morgan fingerprint density at radius 1 is 1.24 bits per heavy atom. The van der Waals surface area contributed by atoms with Crippen molar-refractivity contribution in [1.29, 1.82) is 0 Å². The quantitative estimate of drug-likeness (QED) is 0.809. The summed E-state index contributed by atoms with van der Waals surface area (Å²) in [4.78, 5) is 24.7. The van der Waals surface area contributed by atoms with Crippen LogP contribution in [0.4, 0.5) is 5.69 Å². The molecule has 1 N–H and O–H groups in total. The minimum absolute atomic E-state index is 0.498. The van der Waals surface area contributed by atoms with Crippen LogP contribution in [0.15, 0.2) is 30.3 Å². The predicted octanol–water partition coefficient (Wildman–Crippen LogP) is 1.88. The fourth-order valence-corrected chi connectivity index (χ4v) is 1.38. The molecule has 0 spiro atoms. The van der Waals surface area contributed by atoms with Gasteiger partial charge in [-0.15, -0.1) is 0 Å². The first-order valence-electron chi connectivity index (χ1n) is 5.76. The van der Waals surface area contributed by atoms with Crippen LogP contribution in [-0.4, -0.2) is 30.3 Å². The fourth-order valence-electron chi connectivity index (χ4n) is 1.38. The Bertz CT molecular complexity index is 376. The van der Waals surface area contributed by atoms with Gasteiger partial charge in [0.2, 0.25) is 0 Å². The molecule has 0 saturated carbocycles. The lowest BCUT2D eigenvalue weighted by molar-refractivity contribution is -0.142. The Hall–Kier alpha value is -1.84. The number of likely N-dealkylation sites (N-methyl/N-ethyl adjacent to an activating group) is 1. The molecule has 0 bridgehead atoms. The molecule has 0 aliphatic heterocycles. The molecule has 1 rings (SSSR count). The molecule has 1 aromatic rings. The number of anilines is 1. The number of carbonyl (C=O) groups is 2. The van der Waals surface area contributed by atoms with Crippen molar-refractivity contribution in [3.05, 3.63) is 30.3 Å². The first-order chi connectivity index (χ1) is 8.15. The number of nitrogens with zero attached hydrogens (tertiary/aromatic N) is 1. The van der Waals surface area contributed by atoms with E-state index in [2.05, 4.69) is 5.32 Å². The van der Waals surface area contributed by atoms with Gasteiger partial charge in [0, 0.05) is 19.3 Å². The molecule has 0 aliphatic rings. The van der Waals surface area contributed by atoms with Crippen molar-refractivity contribution in [2.45, 2.75) is 19.8 Å². The molecule has 0 atom stereocenters. The normalized spacial score (nSPS) is 9.76. The SMILES string of the molecule is CCCCN(C)C(=O)C(=O)Nc1ccccc1. The summed E-state index contributed by atoms with van der Waals surface area (Å²) in [5.41, 5.74) is 0.634. The topological polar surface area (TPSA) is 49.4 Å². The van der Waals surface area contributed by atoms with Crippen LogP contribution in [-0.2, 0) is 9.59 Å². The molecule has 0 saturated heterocycles. The standard InChI is InChI=1S/C13H18N2O2/c1-3-4-10-15(2)13(17)12(16)14-11-8-6-5-7-9-11/h5-9H,3-4,10H2,1-2H3,(H,14,16). The summed E-state index contributed by atoms with van der Waals surface area (Å²) in [6.07, 6.45) is 1.90. The number of nitrogens with one attached hydrogen (secondary N) is 1. The van der Waals surface area contributed by atoms with Crippen LogP contribution in [0.2, 0.25) is 0 Å². The van der Waals surface area contributed by atoms with Gasteiger partial charge in [-0.05, 0) is 18.6 Å². The maximum absolute atomic E-state index is 11.7. The summed E-state index contributed by atoms with van der Waals surface area (Å²) in [6.45, 7) is 2.65. The highest BCUT2D eigenvalue weighted by atomic mass is 16.2. The Morgan fingerprint density at radius 3 is 2.47 bits per heavy atom. The molecule has 17 heavy (non-hydrogen) atoms. The van der Waals surface area contributed by atoms with Crippen LogP contribution >= 0.6 is 0 Å². The van der Waals surface area contributed by atoms with E-state index in [-0.39, 0.29) is 0 Å². The van der Waals surface area contributed by atoms with E-state index >= 15 is 0 Å². The van der Waals surface area contributed by atoms with Gasteiger partial charge in [0.1, 0.15) is 0 Å². The third kappa shape index (κ3) is 4.26. The van der Waals surface area contributed by atoms with E-state index in [1.165, 1.54) is 4.90 Å². The third-order valence-corrected chi connectivity index (χ3v) is 2.42. The van der Waals surface area contributed by atoms with E-state index in [1.807, 2.05) is 13.0 Å². The number of amides is 2. The zero-order valence-corrected chi connectivity index (χ0v) is 10.3. The summed E-state index contributed by atoms with van der Waals surface area (Å²) < 4.78 is 0. The number of rotatable bonds is 4. The Balaban J connectivity index is 2.50. The molecule has 4 heteroatoms. The highest BCUT2D eigenvalue weighted by Crippen LogP contribution is 2.05. The lowest BCUT2D eigenvalue weighted by atomic mass is 10.3. The van der Waals surface area contributed by atoms with Crippen LogP contribution in [0.3, 0.4) is 0 Å². The van der Waals surface area contributed by atoms with Gasteiger partial charge < -0.3 is 10.2 Å². The molecular weight excluding hydrogens is 216 g/mol. The summed E-state index contributed by atoms with van der Waals surface area (Å²) in [5, 5.41) is 2.57. The van der Waals surface area contributed by atoms with Crippen LogP contribution in [0.25, 0.3) is 0 Å². The van der Waals surface area contributed by atoms with E-state index in [4.69, 9.17) is 0 Å². The van der Waals surface area contributed by atoms with Crippen LogP contribution < -0.4 is 5.32 Å². The number of benzene rings is 1. The summed E-state index contributed by atoms with van der Waals surface area (Å²) >= 11 is 0. The molecular formula is C13H18N2O2. The fraction of sp³-hybridized carbons (Fsp3) is 0.385. The maximum atomic E-state index is 11.7. The molecule has 1 aromatic carbocycles. The minimum Gasteiger partial charge on any atom is -0.338 e. The highest BCUT2D eigenvalue weighted by molar-refractivity contribution is 6.39. The lowest BCUT2D eigenvalue weighted by Gasteiger charge is -2.15. The van der Waals surface area contributed by atoms with Gasteiger partial charge in [0.25, 0.3) is 0 Å².